The molecule has 1 aromatic carbocycles. The van der Waals surface area contributed by atoms with Crippen LogP contribution in [0, 0.1) is 11.7 Å². The van der Waals surface area contributed by atoms with Crippen molar-refractivity contribution in [1.29, 1.82) is 0 Å². The van der Waals surface area contributed by atoms with E-state index >= 15 is 0 Å². The van der Waals surface area contributed by atoms with Gasteiger partial charge in [0.1, 0.15) is 5.76 Å². The number of halogens is 2. The summed E-state index contributed by atoms with van der Waals surface area (Å²) in [6.45, 7) is 9.98. The van der Waals surface area contributed by atoms with Crippen LogP contribution in [0.2, 0.25) is 5.02 Å². The van der Waals surface area contributed by atoms with E-state index in [9.17, 15) is 4.39 Å². The van der Waals surface area contributed by atoms with Crippen molar-refractivity contribution in [2.45, 2.75) is 40.2 Å². The van der Waals surface area contributed by atoms with Crippen molar-refractivity contribution in [1.82, 2.24) is 5.32 Å². The lowest BCUT2D eigenvalue weighted by Crippen LogP contribution is -2.19. The van der Waals surface area contributed by atoms with Crippen LogP contribution in [0.25, 0.3) is 11.0 Å². The number of furan rings is 1. The van der Waals surface area contributed by atoms with E-state index in [0.29, 0.717) is 12.5 Å². The highest BCUT2D eigenvalue weighted by atomic mass is 35.5. The molecule has 0 bridgehead atoms. The lowest BCUT2D eigenvalue weighted by molar-refractivity contribution is 0.469. The fourth-order valence-electron chi connectivity index (χ4n) is 2.41. The first-order valence-electron chi connectivity index (χ1n) is 7.01. The van der Waals surface area contributed by atoms with Crippen molar-refractivity contribution in [3.8, 4) is 0 Å². The van der Waals surface area contributed by atoms with Gasteiger partial charge in [0.15, 0.2) is 11.4 Å². The molecule has 110 valence electrons. The molecule has 0 aliphatic carbocycles. The second-order valence-corrected chi connectivity index (χ2v) is 6.26. The lowest BCUT2D eigenvalue weighted by Gasteiger charge is -2.09. The van der Waals surface area contributed by atoms with Crippen LogP contribution >= 0.6 is 11.6 Å². The highest BCUT2D eigenvalue weighted by Gasteiger charge is 2.20. The second-order valence-electron chi connectivity index (χ2n) is 5.86. The Hall–Kier alpha value is -1.06. The Kier molecular flexibility index (Phi) is 4.71. The molecule has 2 aromatic rings. The maximum Gasteiger partial charge on any atom is 0.184 e. The molecule has 0 fully saturated rings. The van der Waals surface area contributed by atoms with E-state index in [1.54, 1.807) is 6.07 Å². The molecule has 0 spiro atoms. The summed E-state index contributed by atoms with van der Waals surface area (Å²) in [4.78, 5) is 0. The van der Waals surface area contributed by atoms with Crippen molar-refractivity contribution in [2.24, 2.45) is 5.92 Å². The predicted molar refractivity (Wildman–Crippen MR) is 81.8 cm³/mol. The number of benzene rings is 1. The summed E-state index contributed by atoms with van der Waals surface area (Å²) in [7, 11) is 0. The van der Waals surface area contributed by atoms with Crippen molar-refractivity contribution in [3.63, 3.8) is 0 Å². The highest BCUT2D eigenvalue weighted by Crippen LogP contribution is 2.35. The average molecular weight is 298 g/mol. The van der Waals surface area contributed by atoms with Gasteiger partial charge < -0.3 is 9.73 Å². The summed E-state index contributed by atoms with van der Waals surface area (Å²) < 4.78 is 19.8. The van der Waals surface area contributed by atoms with Gasteiger partial charge in [0, 0.05) is 10.9 Å². The summed E-state index contributed by atoms with van der Waals surface area (Å²) in [5, 5.41) is 4.26. The standard InChI is InChI=1S/C16H21ClFNO/c1-9(2)7-19-8-13-14(10(3)4)11-5-6-12(17)15(18)16(11)20-13/h5-6,9-10,19H,7-8H2,1-4H3. The maximum atomic E-state index is 14.1. The molecule has 2 nitrogen and oxygen atoms in total. The normalized spacial score (nSPS) is 12.0. The number of fused-ring (bicyclic) bond motifs is 1. The highest BCUT2D eigenvalue weighted by molar-refractivity contribution is 6.31. The summed E-state index contributed by atoms with van der Waals surface area (Å²) >= 11 is 5.82. The minimum absolute atomic E-state index is 0.100. The first-order valence-corrected chi connectivity index (χ1v) is 7.39. The molecule has 2 rings (SSSR count). The molecule has 0 atom stereocenters. The van der Waals surface area contributed by atoms with Crippen LogP contribution in [-0.4, -0.2) is 6.54 Å². The third-order valence-corrected chi connectivity index (χ3v) is 3.57. The first kappa shape index (κ1) is 15.3. The van der Waals surface area contributed by atoms with Crippen LogP contribution in [-0.2, 0) is 6.54 Å². The topological polar surface area (TPSA) is 25.2 Å². The number of hydrogen-bond donors (Lipinski definition) is 1. The monoisotopic (exact) mass is 297 g/mol. The predicted octanol–water partition coefficient (Wildman–Crippen LogP) is 5.09. The van der Waals surface area contributed by atoms with E-state index in [2.05, 4.69) is 33.0 Å². The Balaban J connectivity index is 2.42. The maximum absolute atomic E-state index is 14.1. The molecule has 0 saturated heterocycles. The van der Waals surface area contributed by atoms with Crippen LogP contribution in [0.3, 0.4) is 0 Å². The van der Waals surface area contributed by atoms with Crippen LogP contribution < -0.4 is 5.32 Å². The van der Waals surface area contributed by atoms with Crippen LogP contribution in [0.5, 0.6) is 0 Å². The molecular formula is C16H21ClFNO. The Morgan fingerprint density at radius 1 is 1.25 bits per heavy atom. The van der Waals surface area contributed by atoms with Gasteiger partial charge in [0.05, 0.1) is 11.6 Å². The van der Waals surface area contributed by atoms with Gasteiger partial charge in [0.25, 0.3) is 0 Å². The van der Waals surface area contributed by atoms with Crippen LogP contribution in [0.1, 0.15) is 44.9 Å². The minimum Gasteiger partial charge on any atom is -0.456 e. The summed E-state index contributed by atoms with van der Waals surface area (Å²) in [6, 6.07) is 3.43. The van der Waals surface area contributed by atoms with E-state index in [-0.39, 0.29) is 16.5 Å². The zero-order valence-electron chi connectivity index (χ0n) is 12.4. The van der Waals surface area contributed by atoms with Crippen molar-refractivity contribution in [2.75, 3.05) is 6.54 Å². The number of rotatable bonds is 5. The van der Waals surface area contributed by atoms with Crippen molar-refractivity contribution >= 4 is 22.6 Å². The summed E-state index contributed by atoms with van der Waals surface area (Å²) in [6.07, 6.45) is 0. The second kappa shape index (κ2) is 6.15. The van der Waals surface area contributed by atoms with Crippen LogP contribution in [0.4, 0.5) is 4.39 Å². The third kappa shape index (κ3) is 2.99. The van der Waals surface area contributed by atoms with Gasteiger partial charge in [-0.2, -0.15) is 0 Å². The SMILES string of the molecule is CC(C)CNCc1oc2c(F)c(Cl)ccc2c1C(C)C. The van der Waals surface area contributed by atoms with Crippen molar-refractivity contribution < 1.29 is 8.81 Å². The molecule has 0 radical (unpaired) electrons. The molecule has 20 heavy (non-hydrogen) atoms. The summed E-state index contributed by atoms with van der Waals surface area (Å²) in [5.41, 5.74) is 1.33. The molecule has 0 aliphatic heterocycles. The Bertz CT molecular complexity index is 604. The van der Waals surface area contributed by atoms with Crippen molar-refractivity contribution in [3.05, 3.63) is 34.3 Å². The van der Waals surface area contributed by atoms with Gasteiger partial charge in [-0.05, 0) is 30.5 Å². The zero-order valence-corrected chi connectivity index (χ0v) is 13.1. The lowest BCUT2D eigenvalue weighted by atomic mass is 9.99. The van der Waals surface area contributed by atoms with E-state index in [1.807, 2.05) is 6.07 Å². The molecule has 0 saturated carbocycles. The van der Waals surface area contributed by atoms with E-state index < -0.39 is 5.82 Å². The molecule has 0 amide bonds. The smallest absolute Gasteiger partial charge is 0.184 e. The van der Waals surface area contributed by atoms with Gasteiger partial charge in [-0.25, -0.2) is 4.39 Å². The molecular weight excluding hydrogens is 277 g/mol. The third-order valence-electron chi connectivity index (χ3n) is 3.28. The summed E-state index contributed by atoms with van der Waals surface area (Å²) in [5.74, 6) is 1.17. The first-order chi connectivity index (χ1) is 9.41. The zero-order chi connectivity index (χ0) is 14.9. The van der Waals surface area contributed by atoms with Gasteiger partial charge in [-0.15, -0.1) is 0 Å². The molecule has 1 N–H and O–H groups in total. The molecule has 1 heterocycles. The van der Waals surface area contributed by atoms with E-state index in [0.717, 1.165) is 23.3 Å². The molecule has 4 heteroatoms. The Labute approximate surface area is 124 Å². The number of nitrogens with one attached hydrogen (secondary N) is 1. The van der Waals surface area contributed by atoms with E-state index in [4.69, 9.17) is 16.0 Å². The molecule has 0 aliphatic rings. The van der Waals surface area contributed by atoms with Gasteiger partial charge in [-0.3, -0.25) is 0 Å². The van der Waals surface area contributed by atoms with Crippen LogP contribution in [0.15, 0.2) is 16.5 Å². The average Bonchev–Trinajstić information content (AvgIpc) is 2.73. The quantitative estimate of drug-likeness (QED) is 0.831. The molecule has 1 aromatic heterocycles. The minimum atomic E-state index is -0.471. The Morgan fingerprint density at radius 3 is 2.55 bits per heavy atom. The largest absolute Gasteiger partial charge is 0.456 e. The Morgan fingerprint density at radius 2 is 1.95 bits per heavy atom. The van der Waals surface area contributed by atoms with Gasteiger partial charge in [-0.1, -0.05) is 39.3 Å². The van der Waals surface area contributed by atoms with Gasteiger partial charge in [0.2, 0.25) is 0 Å². The fraction of sp³-hybridized carbons (Fsp3) is 0.500. The van der Waals surface area contributed by atoms with Gasteiger partial charge >= 0.3 is 0 Å². The number of hydrogen-bond acceptors (Lipinski definition) is 2. The molecule has 0 unspecified atom stereocenters. The van der Waals surface area contributed by atoms with E-state index in [1.165, 1.54) is 0 Å². The fourth-order valence-corrected chi connectivity index (χ4v) is 2.56.